The lowest BCUT2D eigenvalue weighted by molar-refractivity contribution is -0.131. The Bertz CT molecular complexity index is 769. The molecule has 4 bridgehead atoms. The summed E-state index contributed by atoms with van der Waals surface area (Å²) in [6.07, 6.45) is 9.47. The molecule has 0 N–H and O–H groups in total. The topological polar surface area (TPSA) is 41.9 Å². The highest BCUT2D eigenvalue weighted by Gasteiger charge is 2.55. The first kappa shape index (κ1) is 16.1. The van der Waals surface area contributed by atoms with Crippen LogP contribution >= 0.6 is 0 Å². The van der Waals surface area contributed by atoms with E-state index in [9.17, 15) is 4.79 Å². The highest BCUT2D eigenvalue weighted by Crippen LogP contribution is 2.61. The van der Waals surface area contributed by atoms with Crippen LogP contribution in [0.5, 0.6) is 0 Å². The standard InChI is InChI=1S/C22H26N2O2/c1-24(2)18-5-3-14(4-6-18)10-19-20(25)26-21(23-19)22-11-15-7-16(12-22)9-17(8-15)13-22/h3-6,10,15-17H,7-9,11-13H2,1-2H3. The zero-order valence-electron chi connectivity index (χ0n) is 15.6. The molecule has 5 aliphatic rings. The Morgan fingerprint density at radius 2 is 1.62 bits per heavy atom. The van der Waals surface area contributed by atoms with Crippen LogP contribution in [-0.4, -0.2) is 26.0 Å². The van der Waals surface area contributed by atoms with Crippen LogP contribution in [0.25, 0.3) is 6.08 Å². The van der Waals surface area contributed by atoms with Crippen molar-refractivity contribution >= 4 is 23.6 Å². The van der Waals surface area contributed by atoms with Crippen LogP contribution in [0.15, 0.2) is 35.0 Å². The molecule has 0 radical (unpaired) electrons. The molecule has 4 saturated carbocycles. The van der Waals surface area contributed by atoms with E-state index in [4.69, 9.17) is 9.73 Å². The third-order valence-corrected chi connectivity index (χ3v) is 6.83. The third kappa shape index (κ3) is 2.58. The minimum Gasteiger partial charge on any atom is -0.406 e. The summed E-state index contributed by atoms with van der Waals surface area (Å²) >= 11 is 0. The van der Waals surface area contributed by atoms with E-state index in [1.54, 1.807) is 0 Å². The van der Waals surface area contributed by atoms with Crippen LogP contribution < -0.4 is 4.90 Å². The number of carbonyl (C=O) groups is 1. The van der Waals surface area contributed by atoms with Crippen molar-refractivity contribution in [3.05, 3.63) is 35.5 Å². The van der Waals surface area contributed by atoms with Gasteiger partial charge in [-0.3, -0.25) is 0 Å². The van der Waals surface area contributed by atoms with Gasteiger partial charge in [-0.15, -0.1) is 0 Å². The van der Waals surface area contributed by atoms with Crippen LogP contribution in [0.2, 0.25) is 0 Å². The lowest BCUT2D eigenvalue weighted by Crippen LogP contribution is -2.50. The summed E-state index contributed by atoms with van der Waals surface area (Å²) < 4.78 is 5.73. The maximum atomic E-state index is 12.4. The SMILES string of the molecule is CN(C)c1ccc(C=C2N=C(C34CC5CC(CC(C5)C3)C4)OC2=O)cc1. The first-order chi connectivity index (χ1) is 12.5. The average Bonchev–Trinajstić information content (AvgIpc) is 2.96. The van der Waals surface area contributed by atoms with E-state index in [0.717, 1.165) is 54.2 Å². The number of ether oxygens (including phenoxy) is 1. The monoisotopic (exact) mass is 350 g/mol. The molecule has 0 amide bonds. The molecule has 0 unspecified atom stereocenters. The second-order valence-corrected chi connectivity index (χ2v) is 9.02. The van der Waals surface area contributed by atoms with Gasteiger partial charge in [0.25, 0.3) is 0 Å². The highest BCUT2D eigenvalue weighted by molar-refractivity contribution is 6.09. The zero-order valence-corrected chi connectivity index (χ0v) is 15.6. The van der Waals surface area contributed by atoms with Gasteiger partial charge in [-0.1, -0.05) is 12.1 Å². The number of benzene rings is 1. The molecule has 26 heavy (non-hydrogen) atoms. The summed E-state index contributed by atoms with van der Waals surface area (Å²) in [4.78, 5) is 19.2. The van der Waals surface area contributed by atoms with Gasteiger partial charge < -0.3 is 9.64 Å². The number of nitrogens with zero attached hydrogens (tertiary/aromatic N) is 2. The molecular weight excluding hydrogens is 324 g/mol. The molecule has 1 aromatic rings. The van der Waals surface area contributed by atoms with Crippen molar-refractivity contribution in [3.63, 3.8) is 0 Å². The quantitative estimate of drug-likeness (QED) is 0.604. The number of rotatable bonds is 3. The van der Waals surface area contributed by atoms with Gasteiger partial charge in [0.2, 0.25) is 5.90 Å². The smallest absolute Gasteiger partial charge is 0.363 e. The van der Waals surface area contributed by atoms with Crippen molar-refractivity contribution in [2.24, 2.45) is 28.2 Å². The van der Waals surface area contributed by atoms with Gasteiger partial charge in [0, 0.05) is 25.2 Å². The molecule has 0 aromatic heterocycles. The number of anilines is 1. The average molecular weight is 350 g/mol. The normalized spacial score (nSPS) is 36.4. The van der Waals surface area contributed by atoms with E-state index >= 15 is 0 Å². The number of hydrogen-bond acceptors (Lipinski definition) is 4. The van der Waals surface area contributed by atoms with Crippen LogP contribution in [0.3, 0.4) is 0 Å². The molecule has 0 spiro atoms. The third-order valence-electron chi connectivity index (χ3n) is 6.83. The number of esters is 1. The predicted octanol–water partition coefficient (Wildman–Crippen LogP) is 4.27. The van der Waals surface area contributed by atoms with E-state index in [-0.39, 0.29) is 11.4 Å². The second kappa shape index (κ2) is 5.70. The number of hydrogen-bond donors (Lipinski definition) is 0. The van der Waals surface area contributed by atoms with Gasteiger partial charge in [-0.2, -0.15) is 0 Å². The van der Waals surface area contributed by atoms with Gasteiger partial charge in [0.1, 0.15) is 0 Å². The maximum Gasteiger partial charge on any atom is 0.363 e. The number of aliphatic imine (C=N–C) groups is 1. The van der Waals surface area contributed by atoms with E-state index in [2.05, 4.69) is 17.0 Å². The second-order valence-electron chi connectivity index (χ2n) is 9.02. The number of carbonyl (C=O) groups excluding carboxylic acids is 1. The minimum absolute atomic E-state index is 0.0365. The summed E-state index contributed by atoms with van der Waals surface area (Å²) in [6, 6.07) is 8.15. The summed E-state index contributed by atoms with van der Waals surface area (Å²) in [7, 11) is 4.04. The molecule has 4 heteroatoms. The summed E-state index contributed by atoms with van der Waals surface area (Å²) in [5.74, 6) is 2.88. The van der Waals surface area contributed by atoms with Crippen LogP contribution in [0, 0.1) is 23.2 Å². The lowest BCUT2D eigenvalue weighted by Gasteiger charge is -2.55. The molecule has 1 aromatic carbocycles. The highest BCUT2D eigenvalue weighted by atomic mass is 16.6. The predicted molar refractivity (Wildman–Crippen MR) is 103 cm³/mol. The molecule has 1 aliphatic heterocycles. The Morgan fingerprint density at radius 1 is 1.04 bits per heavy atom. The molecule has 136 valence electrons. The lowest BCUT2D eigenvalue weighted by atomic mass is 9.49. The molecule has 0 atom stereocenters. The first-order valence-electron chi connectivity index (χ1n) is 9.81. The fourth-order valence-corrected chi connectivity index (χ4v) is 6.04. The fraction of sp³-hybridized carbons (Fsp3) is 0.545. The molecule has 4 nitrogen and oxygen atoms in total. The minimum atomic E-state index is -0.285. The first-order valence-corrected chi connectivity index (χ1v) is 9.81. The maximum absolute atomic E-state index is 12.4. The van der Waals surface area contributed by atoms with Crippen molar-refractivity contribution in [2.75, 3.05) is 19.0 Å². The summed E-state index contributed by atoms with van der Waals surface area (Å²) in [5, 5.41) is 0. The Balaban J connectivity index is 1.43. The van der Waals surface area contributed by atoms with Crippen molar-refractivity contribution in [2.45, 2.75) is 38.5 Å². The molecule has 0 saturated heterocycles. The van der Waals surface area contributed by atoms with Crippen LogP contribution in [0.4, 0.5) is 5.69 Å². The van der Waals surface area contributed by atoms with Crippen LogP contribution in [-0.2, 0) is 9.53 Å². The van der Waals surface area contributed by atoms with Crippen molar-refractivity contribution in [1.29, 1.82) is 0 Å². The Hall–Kier alpha value is -2.10. The Morgan fingerprint density at radius 3 is 2.15 bits per heavy atom. The van der Waals surface area contributed by atoms with Gasteiger partial charge in [-0.05, 0) is 80.1 Å². The van der Waals surface area contributed by atoms with Crippen molar-refractivity contribution in [1.82, 2.24) is 0 Å². The van der Waals surface area contributed by atoms with Crippen molar-refractivity contribution in [3.8, 4) is 0 Å². The molecule has 6 rings (SSSR count). The van der Waals surface area contributed by atoms with Gasteiger partial charge in [-0.25, -0.2) is 9.79 Å². The van der Waals surface area contributed by atoms with Crippen LogP contribution in [0.1, 0.15) is 44.1 Å². The Labute approximate surface area is 154 Å². The largest absolute Gasteiger partial charge is 0.406 e. The fourth-order valence-electron chi connectivity index (χ4n) is 6.04. The Kier molecular flexibility index (Phi) is 3.53. The van der Waals surface area contributed by atoms with Crippen molar-refractivity contribution < 1.29 is 9.53 Å². The molecule has 4 fully saturated rings. The van der Waals surface area contributed by atoms with E-state index in [0.29, 0.717) is 5.70 Å². The molecule has 1 heterocycles. The zero-order chi connectivity index (χ0) is 17.9. The van der Waals surface area contributed by atoms with E-state index in [1.807, 2.05) is 32.3 Å². The number of cyclic esters (lactones) is 1. The molecule has 4 aliphatic carbocycles. The van der Waals surface area contributed by atoms with E-state index < -0.39 is 0 Å². The van der Waals surface area contributed by atoms with Gasteiger partial charge in [0.15, 0.2) is 5.70 Å². The van der Waals surface area contributed by atoms with Gasteiger partial charge >= 0.3 is 5.97 Å². The summed E-state index contributed by atoms with van der Waals surface area (Å²) in [5.41, 5.74) is 2.61. The molecular formula is C22H26N2O2. The summed E-state index contributed by atoms with van der Waals surface area (Å²) in [6.45, 7) is 0. The van der Waals surface area contributed by atoms with Gasteiger partial charge in [0.05, 0.1) is 0 Å². The van der Waals surface area contributed by atoms with E-state index in [1.165, 1.54) is 19.3 Å².